The van der Waals surface area contributed by atoms with Gasteiger partial charge in [0.05, 0.1) is 30.6 Å². The van der Waals surface area contributed by atoms with Crippen molar-refractivity contribution in [1.82, 2.24) is 9.78 Å². The highest BCUT2D eigenvalue weighted by Crippen LogP contribution is 2.10. The Kier molecular flexibility index (Phi) is 4.68. The summed E-state index contributed by atoms with van der Waals surface area (Å²) < 4.78 is 6.60. The van der Waals surface area contributed by atoms with Gasteiger partial charge in [0.1, 0.15) is 0 Å². The van der Waals surface area contributed by atoms with Gasteiger partial charge >= 0.3 is 5.97 Å². The maximum Gasteiger partial charge on any atom is 0.335 e. The van der Waals surface area contributed by atoms with E-state index < -0.39 is 5.97 Å². The number of aromatic carboxylic acids is 1. The molecule has 2 N–H and O–H groups in total. The van der Waals surface area contributed by atoms with Crippen LogP contribution in [0.15, 0.2) is 36.7 Å². The second kappa shape index (κ2) is 6.67. The van der Waals surface area contributed by atoms with Gasteiger partial charge in [0, 0.05) is 18.9 Å². The first-order valence-corrected chi connectivity index (χ1v) is 6.26. The smallest absolute Gasteiger partial charge is 0.335 e. The molecule has 0 spiro atoms. The van der Waals surface area contributed by atoms with Crippen LogP contribution in [0.2, 0.25) is 0 Å². The van der Waals surface area contributed by atoms with Crippen molar-refractivity contribution in [2.24, 2.45) is 0 Å². The average Bonchev–Trinajstić information content (AvgIpc) is 2.92. The fourth-order valence-corrected chi connectivity index (χ4v) is 1.70. The van der Waals surface area contributed by atoms with Crippen LogP contribution < -0.4 is 5.32 Å². The van der Waals surface area contributed by atoms with Crippen LogP contribution in [-0.4, -0.2) is 40.5 Å². The molecule has 1 amide bonds. The highest BCUT2D eigenvalue weighted by molar-refractivity contribution is 6.04. The Balaban J connectivity index is 2.00. The molecule has 0 aliphatic heterocycles. The molecular weight excluding hydrogens is 274 g/mol. The van der Waals surface area contributed by atoms with Gasteiger partial charge in [-0.05, 0) is 24.3 Å². The maximum absolute atomic E-state index is 12.0. The number of anilines is 1. The maximum atomic E-state index is 12.0. The van der Waals surface area contributed by atoms with Crippen LogP contribution in [0, 0.1) is 0 Å². The number of carbonyl (C=O) groups is 2. The zero-order valence-corrected chi connectivity index (χ0v) is 11.4. The third kappa shape index (κ3) is 3.90. The fourth-order valence-electron chi connectivity index (χ4n) is 1.70. The van der Waals surface area contributed by atoms with Crippen molar-refractivity contribution < 1.29 is 19.4 Å². The lowest BCUT2D eigenvalue weighted by molar-refractivity contribution is 0.0696. The monoisotopic (exact) mass is 289 g/mol. The third-order valence-electron chi connectivity index (χ3n) is 2.81. The first-order chi connectivity index (χ1) is 10.1. The van der Waals surface area contributed by atoms with Crippen LogP contribution in [-0.2, 0) is 11.3 Å². The molecule has 7 heteroatoms. The van der Waals surface area contributed by atoms with Crippen molar-refractivity contribution in [2.45, 2.75) is 6.54 Å². The highest BCUT2D eigenvalue weighted by atomic mass is 16.5. The quantitative estimate of drug-likeness (QED) is 0.840. The minimum atomic E-state index is -1.03. The normalized spacial score (nSPS) is 10.3. The molecule has 0 aliphatic rings. The molecule has 1 heterocycles. The number of amides is 1. The Hall–Kier alpha value is -2.67. The van der Waals surface area contributed by atoms with E-state index in [2.05, 4.69) is 10.4 Å². The predicted octanol–water partition coefficient (Wildman–Crippen LogP) is 1.48. The minimum absolute atomic E-state index is 0.138. The van der Waals surface area contributed by atoms with Crippen molar-refractivity contribution in [3.05, 3.63) is 47.8 Å². The van der Waals surface area contributed by atoms with Gasteiger partial charge < -0.3 is 15.2 Å². The Morgan fingerprint density at radius 2 is 1.95 bits per heavy atom. The largest absolute Gasteiger partial charge is 0.478 e. The fraction of sp³-hybridized carbons (Fsp3) is 0.214. The summed E-state index contributed by atoms with van der Waals surface area (Å²) in [6.45, 7) is 1.13. The molecule has 0 saturated heterocycles. The SMILES string of the molecule is COCCn1cc(NC(=O)c2ccc(C(=O)O)cc2)cn1. The summed E-state index contributed by atoms with van der Waals surface area (Å²) in [6.07, 6.45) is 3.24. The molecule has 0 bridgehead atoms. The van der Waals surface area contributed by atoms with Gasteiger partial charge in [-0.15, -0.1) is 0 Å². The molecule has 0 aliphatic carbocycles. The minimum Gasteiger partial charge on any atom is -0.478 e. The number of carbonyl (C=O) groups excluding carboxylic acids is 1. The number of carboxylic acid groups (broad SMARTS) is 1. The lowest BCUT2D eigenvalue weighted by Gasteiger charge is -2.03. The van der Waals surface area contributed by atoms with Gasteiger partial charge in [-0.2, -0.15) is 5.10 Å². The second-order valence-electron chi connectivity index (χ2n) is 4.32. The van der Waals surface area contributed by atoms with Gasteiger partial charge in [0.25, 0.3) is 5.91 Å². The molecule has 7 nitrogen and oxygen atoms in total. The van der Waals surface area contributed by atoms with E-state index in [1.54, 1.807) is 24.2 Å². The number of carboxylic acids is 1. The van der Waals surface area contributed by atoms with Crippen LogP contribution in [0.5, 0.6) is 0 Å². The van der Waals surface area contributed by atoms with Crippen LogP contribution in [0.4, 0.5) is 5.69 Å². The molecule has 0 unspecified atom stereocenters. The van der Waals surface area contributed by atoms with Gasteiger partial charge in [-0.1, -0.05) is 0 Å². The number of aromatic nitrogens is 2. The zero-order valence-electron chi connectivity index (χ0n) is 11.4. The van der Waals surface area contributed by atoms with Gasteiger partial charge in [-0.3, -0.25) is 9.48 Å². The van der Waals surface area contributed by atoms with Crippen molar-refractivity contribution in [1.29, 1.82) is 0 Å². The molecule has 1 aromatic carbocycles. The molecule has 0 fully saturated rings. The first-order valence-electron chi connectivity index (χ1n) is 6.26. The Morgan fingerprint density at radius 3 is 2.57 bits per heavy atom. The highest BCUT2D eigenvalue weighted by Gasteiger charge is 2.09. The van der Waals surface area contributed by atoms with E-state index in [-0.39, 0.29) is 11.5 Å². The van der Waals surface area contributed by atoms with E-state index in [4.69, 9.17) is 9.84 Å². The predicted molar refractivity (Wildman–Crippen MR) is 75.5 cm³/mol. The Morgan fingerprint density at radius 1 is 1.29 bits per heavy atom. The number of rotatable bonds is 6. The van der Waals surface area contributed by atoms with Crippen LogP contribution >= 0.6 is 0 Å². The Bertz CT molecular complexity index is 634. The van der Waals surface area contributed by atoms with Gasteiger partial charge in [0.15, 0.2) is 0 Å². The van der Waals surface area contributed by atoms with Crippen molar-refractivity contribution in [3.63, 3.8) is 0 Å². The number of hydrogen-bond acceptors (Lipinski definition) is 4. The van der Waals surface area contributed by atoms with E-state index in [0.717, 1.165) is 0 Å². The molecule has 2 aromatic rings. The first kappa shape index (κ1) is 14.7. The number of nitrogens with zero attached hydrogens (tertiary/aromatic N) is 2. The summed E-state index contributed by atoms with van der Waals surface area (Å²) in [6, 6.07) is 5.71. The second-order valence-corrected chi connectivity index (χ2v) is 4.32. The summed E-state index contributed by atoms with van der Waals surface area (Å²) in [4.78, 5) is 22.7. The van der Waals surface area contributed by atoms with E-state index >= 15 is 0 Å². The van der Waals surface area contributed by atoms with E-state index in [1.807, 2.05) is 0 Å². The number of nitrogens with one attached hydrogen (secondary N) is 1. The number of hydrogen-bond donors (Lipinski definition) is 2. The van der Waals surface area contributed by atoms with Crippen molar-refractivity contribution in [2.75, 3.05) is 19.0 Å². The molecule has 0 atom stereocenters. The van der Waals surface area contributed by atoms with E-state index in [0.29, 0.717) is 24.4 Å². The van der Waals surface area contributed by atoms with E-state index in [9.17, 15) is 9.59 Å². The number of methoxy groups -OCH3 is 1. The lowest BCUT2D eigenvalue weighted by Crippen LogP contribution is -2.12. The summed E-state index contributed by atoms with van der Waals surface area (Å²) in [5.41, 5.74) is 1.09. The number of benzene rings is 1. The van der Waals surface area contributed by atoms with Gasteiger partial charge in [-0.25, -0.2) is 4.79 Å². The van der Waals surface area contributed by atoms with Crippen LogP contribution in [0.3, 0.4) is 0 Å². The third-order valence-corrected chi connectivity index (χ3v) is 2.81. The molecule has 1 aromatic heterocycles. The molecule has 21 heavy (non-hydrogen) atoms. The summed E-state index contributed by atoms with van der Waals surface area (Å²) >= 11 is 0. The van der Waals surface area contributed by atoms with Crippen LogP contribution in [0.1, 0.15) is 20.7 Å². The van der Waals surface area contributed by atoms with Crippen molar-refractivity contribution >= 4 is 17.6 Å². The molecule has 2 rings (SSSR count). The van der Waals surface area contributed by atoms with E-state index in [1.165, 1.54) is 24.3 Å². The number of ether oxygens (including phenoxy) is 1. The molecular formula is C14H15N3O4. The van der Waals surface area contributed by atoms with Gasteiger partial charge in [0.2, 0.25) is 0 Å². The summed E-state index contributed by atoms with van der Waals surface area (Å²) in [5.74, 6) is -1.35. The molecule has 0 radical (unpaired) electrons. The molecule has 110 valence electrons. The Labute approximate surface area is 121 Å². The van der Waals surface area contributed by atoms with Crippen LogP contribution in [0.25, 0.3) is 0 Å². The summed E-state index contributed by atoms with van der Waals surface area (Å²) in [5, 5.41) is 15.6. The lowest BCUT2D eigenvalue weighted by atomic mass is 10.1. The average molecular weight is 289 g/mol. The molecule has 0 saturated carbocycles. The standard InChI is InChI=1S/C14H15N3O4/c1-21-7-6-17-9-12(8-15-17)16-13(18)10-2-4-11(5-3-10)14(19)20/h2-5,8-9H,6-7H2,1H3,(H,16,18)(H,19,20). The summed E-state index contributed by atoms with van der Waals surface area (Å²) in [7, 11) is 1.60. The zero-order chi connectivity index (χ0) is 15.2. The van der Waals surface area contributed by atoms with Crippen molar-refractivity contribution in [3.8, 4) is 0 Å². The topological polar surface area (TPSA) is 93.5 Å².